The molecule has 0 radical (unpaired) electrons. The Morgan fingerprint density at radius 1 is 0.939 bits per heavy atom. The predicted molar refractivity (Wildman–Crippen MR) is 127 cm³/mol. The molecule has 1 aromatic carbocycles. The van der Waals surface area contributed by atoms with Gasteiger partial charge in [0.15, 0.2) is 5.82 Å². The molecule has 1 saturated carbocycles. The van der Waals surface area contributed by atoms with Crippen LogP contribution in [0.5, 0.6) is 5.88 Å². The molecule has 33 heavy (non-hydrogen) atoms. The van der Waals surface area contributed by atoms with E-state index in [-0.39, 0.29) is 5.92 Å². The fourth-order valence-electron chi connectivity index (χ4n) is 5.12. The number of carbonyl (C=O) groups excluding carboxylic acids is 1. The number of carbonyl (C=O) groups is 1. The van der Waals surface area contributed by atoms with Crippen LogP contribution in [-0.2, 0) is 22.4 Å². The summed E-state index contributed by atoms with van der Waals surface area (Å²) in [5.74, 6) is 3.07. The van der Waals surface area contributed by atoms with Crippen LogP contribution in [-0.4, -0.2) is 54.2 Å². The maximum atomic E-state index is 13.3. The van der Waals surface area contributed by atoms with Crippen LogP contribution in [0.2, 0.25) is 0 Å². The molecule has 3 aliphatic rings. The Balaban J connectivity index is 1.31. The third-order valence-corrected chi connectivity index (χ3v) is 7.39. The minimum absolute atomic E-state index is 0.0506. The molecule has 2 aromatic rings. The molecule has 1 aromatic heterocycles. The Morgan fingerprint density at radius 3 is 2.39 bits per heavy atom. The van der Waals surface area contributed by atoms with E-state index in [0.717, 1.165) is 93.4 Å². The Labute approximate surface area is 196 Å². The molecule has 6 nitrogen and oxygen atoms in total. The van der Waals surface area contributed by atoms with E-state index >= 15 is 0 Å². The van der Waals surface area contributed by atoms with Crippen molar-refractivity contribution in [3.63, 3.8) is 0 Å². The quantitative estimate of drug-likeness (QED) is 0.590. The number of rotatable bonds is 7. The van der Waals surface area contributed by atoms with Gasteiger partial charge in [0, 0.05) is 43.9 Å². The van der Waals surface area contributed by atoms with Crippen LogP contribution in [0.3, 0.4) is 0 Å². The van der Waals surface area contributed by atoms with E-state index in [2.05, 4.69) is 4.90 Å². The van der Waals surface area contributed by atoms with Gasteiger partial charge in [-0.2, -0.15) is 4.98 Å². The lowest BCUT2D eigenvalue weighted by atomic mass is 9.93. The van der Waals surface area contributed by atoms with E-state index in [1.165, 1.54) is 12.8 Å². The van der Waals surface area contributed by atoms with Crippen molar-refractivity contribution in [2.45, 2.75) is 51.4 Å². The first-order chi connectivity index (χ1) is 16.2. The van der Waals surface area contributed by atoms with Crippen molar-refractivity contribution in [1.29, 1.82) is 0 Å². The highest BCUT2D eigenvalue weighted by atomic mass is 16.5. The number of amides is 1. The number of aryl methyl sites for hydroxylation is 1. The minimum atomic E-state index is 0.0506. The Morgan fingerprint density at radius 2 is 1.67 bits per heavy atom. The van der Waals surface area contributed by atoms with Crippen LogP contribution in [0.4, 0.5) is 0 Å². The first-order valence-electron chi connectivity index (χ1n) is 12.6. The fraction of sp³-hybridized carbons (Fsp3) is 0.593. The molecule has 0 N–H and O–H groups in total. The molecule has 2 fully saturated rings. The molecule has 2 heterocycles. The van der Waals surface area contributed by atoms with E-state index in [1.807, 2.05) is 30.3 Å². The van der Waals surface area contributed by atoms with E-state index in [4.69, 9.17) is 19.4 Å². The second kappa shape index (κ2) is 10.2. The third kappa shape index (κ3) is 5.37. The number of ether oxygens (including phenoxy) is 2. The SMILES string of the molecule is COCC1CCN(C(=O)C2CCc3nc(-c4ccccc4)nc(OCC4CC4)c3CC2)CC1. The van der Waals surface area contributed by atoms with Gasteiger partial charge in [-0.25, -0.2) is 4.98 Å². The summed E-state index contributed by atoms with van der Waals surface area (Å²) in [7, 11) is 1.76. The molecule has 176 valence electrons. The largest absolute Gasteiger partial charge is 0.477 e. The lowest BCUT2D eigenvalue weighted by Gasteiger charge is -2.34. The van der Waals surface area contributed by atoms with Gasteiger partial charge in [0.05, 0.1) is 12.3 Å². The highest BCUT2D eigenvalue weighted by Gasteiger charge is 2.32. The summed E-state index contributed by atoms with van der Waals surface area (Å²) in [6.07, 6.45) is 7.87. The van der Waals surface area contributed by atoms with Crippen molar-refractivity contribution in [2.24, 2.45) is 17.8 Å². The molecule has 1 saturated heterocycles. The molecule has 0 spiro atoms. The predicted octanol–water partition coefficient (Wildman–Crippen LogP) is 4.31. The van der Waals surface area contributed by atoms with Crippen LogP contribution in [0.15, 0.2) is 30.3 Å². The summed E-state index contributed by atoms with van der Waals surface area (Å²) in [6.45, 7) is 3.23. The van der Waals surface area contributed by atoms with Crippen molar-refractivity contribution < 1.29 is 14.3 Å². The van der Waals surface area contributed by atoms with Crippen LogP contribution in [0.25, 0.3) is 11.4 Å². The van der Waals surface area contributed by atoms with E-state index < -0.39 is 0 Å². The van der Waals surface area contributed by atoms with Gasteiger partial charge in [-0.3, -0.25) is 4.79 Å². The zero-order valence-electron chi connectivity index (χ0n) is 19.7. The maximum Gasteiger partial charge on any atom is 0.225 e. The van der Waals surface area contributed by atoms with E-state index in [1.54, 1.807) is 7.11 Å². The Hall–Kier alpha value is -2.47. The summed E-state index contributed by atoms with van der Waals surface area (Å²) in [5.41, 5.74) is 3.18. The highest BCUT2D eigenvalue weighted by Crippen LogP contribution is 2.35. The molecule has 6 heteroatoms. The average Bonchev–Trinajstić information content (AvgIpc) is 3.70. The Bertz CT molecular complexity index is 953. The fourth-order valence-corrected chi connectivity index (χ4v) is 5.12. The lowest BCUT2D eigenvalue weighted by Crippen LogP contribution is -2.42. The van der Waals surface area contributed by atoms with Crippen molar-refractivity contribution in [2.75, 3.05) is 33.4 Å². The second-order valence-electron chi connectivity index (χ2n) is 9.90. The first kappa shape index (κ1) is 22.3. The zero-order valence-corrected chi connectivity index (χ0v) is 19.7. The third-order valence-electron chi connectivity index (χ3n) is 7.39. The summed E-state index contributed by atoms with van der Waals surface area (Å²) in [5, 5.41) is 0. The molecule has 0 bridgehead atoms. The molecule has 1 unspecified atom stereocenters. The monoisotopic (exact) mass is 449 g/mol. The number of aromatic nitrogens is 2. The van der Waals surface area contributed by atoms with Gasteiger partial charge >= 0.3 is 0 Å². The van der Waals surface area contributed by atoms with Gasteiger partial charge in [0.25, 0.3) is 0 Å². The number of nitrogens with zero attached hydrogens (tertiary/aromatic N) is 3. The topological polar surface area (TPSA) is 64.5 Å². The van der Waals surface area contributed by atoms with E-state index in [9.17, 15) is 4.79 Å². The van der Waals surface area contributed by atoms with Crippen molar-refractivity contribution in [3.05, 3.63) is 41.6 Å². The normalized spacial score (nSPS) is 21.4. The van der Waals surface area contributed by atoms with Crippen LogP contribution >= 0.6 is 0 Å². The number of fused-ring (bicyclic) bond motifs is 1. The van der Waals surface area contributed by atoms with Crippen molar-refractivity contribution in [1.82, 2.24) is 14.9 Å². The number of methoxy groups -OCH3 is 1. The zero-order chi connectivity index (χ0) is 22.6. The van der Waals surface area contributed by atoms with Crippen LogP contribution in [0.1, 0.15) is 49.8 Å². The number of hydrogen-bond acceptors (Lipinski definition) is 5. The van der Waals surface area contributed by atoms with Gasteiger partial charge in [0.1, 0.15) is 0 Å². The summed E-state index contributed by atoms with van der Waals surface area (Å²) in [6, 6.07) is 10.1. The first-order valence-corrected chi connectivity index (χ1v) is 12.6. The molecule has 2 aliphatic carbocycles. The number of likely N-dealkylation sites (tertiary alicyclic amines) is 1. The number of hydrogen-bond donors (Lipinski definition) is 0. The summed E-state index contributed by atoms with van der Waals surface area (Å²) in [4.78, 5) is 25.2. The maximum absolute atomic E-state index is 13.3. The molecule has 1 atom stereocenters. The van der Waals surface area contributed by atoms with Gasteiger partial charge in [-0.15, -0.1) is 0 Å². The molecule has 1 amide bonds. The van der Waals surface area contributed by atoms with Crippen molar-refractivity contribution in [3.8, 4) is 17.3 Å². The van der Waals surface area contributed by atoms with Gasteiger partial charge in [0.2, 0.25) is 11.8 Å². The standard InChI is InChI=1S/C27H35N3O3/c1-32-17-20-13-15-30(16-14-20)27(31)22-9-11-23-24(12-10-22)28-25(21-5-3-2-4-6-21)29-26(23)33-18-19-7-8-19/h2-6,19-20,22H,7-18H2,1H3. The van der Waals surface area contributed by atoms with Crippen LogP contribution < -0.4 is 4.74 Å². The lowest BCUT2D eigenvalue weighted by molar-refractivity contribution is -0.137. The number of piperidine rings is 1. The minimum Gasteiger partial charge on any atom is -0.477 e. The molecular weight excluding hydrogens is 414 g/mol. The molecule has 1 aliphatic heterocycles. The van der Waals surface area contributed by atoms with Crippen LogP contribution in [0, 0.1) is 17.8 Å². The van der Waals surface area contributed by atoms with E-state index in [0.29, 0.717) is 17.7 Å². The summed E-state index contributed by atoms with van der Waals surface area (Å²) >= 11 is 0. The highest BCUT2D eigenvalue weighted by molar-refractivity contribution is 5.79. The summed E-state index contributed by atoms with van der Waals surface area (Å²) < 4.78 is 11.5. The van der Waals surface area contributed by atoms with Crippen molar-refractivity contribution >= 4 is 5.91 Å². The number of benzene rings is 1. The Kier molecular flexibility index (Phi) is 6.91. The average molecular weight is 450 g/mol. The molecular formula is C27H35N3O3. The smallest absolute Gasteiger partial charge is 0.225 e. The van der Waals surface area contributed by atoms with Gasteiger partial charge in [-0.05, 0) is 63.2 Å². The second-order valence-corrected chi connectivity index (χ2v) is 9.90. The molecule has 5 rings (SSSR count). The van der Waals surface area contributed by atoms with Gasteiger partial charge < -0.3 is 14.4 Å². The van der Waals surface area contributed by atoms with Gasteiger partial charge in [-0.1, -0.05) is 30.3 Å².